The van der Waals surface area contributed by atoms with E-state index in [4.69, 9.17) is 4.74 Å². The van der Waals surface area contributed by atoms with Crippen LogP contribution in [0.25, 0.3) is 5.65 Å². The van der Waals surface area contributed by atoms with Gasteiger partial charge in [0, 0.05) is 18.2 Å². The summed E-state index contributed by atoms with van der Waals surface area (Å²) >= 11 is 0. The fourth-order valence-electron chi connectivity index (χ4n) is 3.90. The first kappa shape index (κ1) is 18.2. The number of aromatic nitrogens is 2. The molecule has 28 heavy (non-hydrogen) atoms. The van der Waals surface area contributed by atoms with Crippen LogP contribution in [0.5, 0.6) is 5.75 Å². The molecule has 0 amide bonds. The van der Waals surface area contributed by atoms with Gasteiger partial charge >= 0.3 is 5.82 Å². The molecule has 0 radical (unpaired) electrons. The summed E-state index contributed by atoms with van der Waals surface area (Å²) in [5, 5.41) is 14.9. The highest BCUT2D eigenvalue weighted by atomic mass is 16.6. The molecule has 1 unspecified atom stereocenters. The quantitative estimate of drug-likeness (QED) is 0.498. The van der Waals surface area contributed by atoms with Crippen molar-refractivity contribution in [3.05, 3.63) is 64.3 Å². The van der Waals surface area contributed by atoms with E-state index in [0.29, 0.717) is 12.2 Å². The molecule has 0 bridgehead atoms. The van der Waals surface area contributed by atoms with Crippen molar-refractivity contribution in [3.63, 3.8) is 0 Å². The predicted molar refractivity (Wildman–Crippen MR) is 107 cm³/mol. The van der Waals surface area contributed by atoms with E-state index in [1.165, 1.54) is 4.40 Å². The van der Waals surface area contributed by atoms with E-state index < -0.39 is 4.92 Å². The molecule has 8 heteroatoms. The maximum Gasteiger partial charge on any atom is 0.372 e. The first-order valence-electron chi connectivity index (χ1n) is 9.41. The Morgan fingerprint density at radius 3 is 2.71 bits per heavy atom. The lowest BCUT2D eigenvalue weighted by molar-refractivity contribution is -0.389. The van der Waals surface area contributed by atoms with Crippen molar-refractivity contribution in [1.82, 2.24) is 14.3 Å². The van der Waals surface area contributed by atoms with Crippen LogP contribution in [-0.2, 0) is 0 Å². The average Bonchev–Trinajstić information content (AvgIpc) is 3.36. The number of methoxy groups -OCH3 is 1. The van der Waals surface area contributed by atoms with E-state index in [0.717, 1.165) is 37.2 Å². The van der Waals surface area contributed by atoms with Gasteiger partial charge in [-0.2, -0.15) is 9.38 Å². The topological polar surface area (TPSA) is 84.9 Å². The molecule has 4 rings (SSSR count). The molecule has 3 aromatic rings. The van der Waals surface area contributed by atoms with Gasteiger partial charge in [0.15, 0.2) is 0 Å². The lowest BCUT2D eigenvalue weighted by atomic mass is 10.0. The van der Waals surface area contributed by atoms with Crippen molar-refractivity contribution in [1.29, 1.82) is 0 Å². The number of rotatable bonds is 7. The van der Waals surface area contributed by atoms with Gasteiger partial charge in [-0.3, -0.25) is 4.90 Å². The Kier molecular flexibility index (Phi) is 5.12. The molecule has 3 heterocycles. The molecule has 146 valence electrons. The van der Waals surface area contributed by atoms with E-state index in [1.54, 1.807) is 25.4 Å². The molecule has 1 fully saturated rings. The van der Waals surface area contributed by atoms with Crippen LogP contribution >= 0.6 is 0 Å². The average molecular weight is 381 g/mol. The Bertz CT molecular complexity index is 981. The smallest absolute Gasteiger partial charge is 0.372 e. The predicted octanol–water partition coefficient (Wildman–Crippen LogP) is 3.50. The summed E-state index contributed by atoms with van der Waals surface area (Å²) in [6.45, 7) is 2.50. The van der Waals surface area contributed by atoms with Gasteiger partial charge in [0.1, 0.15) is 5.75 Å². The number of likely N-dealkylation sites (tertiary alicyclic amines) is 1. The first-order chi connectivity index (χ1) is 13.7. The highest BCUT2D eigenvalue weighted by Gasteiger charge is 2.28. The molecule has 1 aliphatic heterocycles. The normalized spacial score (nSPS) is 15.6. The number of pyridine rings is 1. The molecule has 2 aromatic heterocycles. The largest absolute Gasteiger partial charge is 0.496 e. The number of ether oxygens (including phenoxy) is 1. The van der Waals surface area contributed by atoms with Gasteiger partial charge in [-0.1, -0.05) is 24.3 Å². The maximum atomic E-state index is 11.6. The van der Waals surface area contributed by atoms with Crippen LogP contribution in [0, 0.1) is 10.1 Å². The minimum absolute atomic E-state index is 0.0445. The summed E-state index contributed by atoms with van der Waals surface area (Å²) in [4.78, 5) is 18.1. The number of para-hydroxylation sites is 1. The molecule has 0 spiro atoms. The number of nitrogens with zero attached hydrogens (tertiary/aromatic N) is 4. The number of imidazole rings is 1. The fraction of sp³-hybridized carbons (Fsp3) is 0.350. The van der Waals surface area contributed by atoms with Gasteiger partial charge in [-0.25, -0.2) is 0 Å². The molecular formula is C20H23N5O3. The Balaban J connectivity index is 1.66. The minimum Gasteiger partial charge on any atom is -0.496 e. The monoisotopic (exact) mass is 381 g/mol. The van der Waals surface area contributed by atoms with Crippen LogP contribution in [0.15, 0.2) is 48.7 Å². The molecule has 0 saturated carbocycles. The van der Waals surface area contributed by atoms with Crippen molar-refractivity contribution < 1.29 is 9.66 Å². The second kappa shape index (κ2) is 7.85. The third kappa shape index (κ3) is 3.38. The third-order valence-electron chi connectivity index (χ3n) is 5.22. The summed E-state index contributed by atoms with van der Waals surface area (Å²) in [6.07, 6.45) is 3.96. The Hall–Kier alpha value is -3.13. The van der Waals surface area contributed by atoms with Crippen LogP contribution in [0.2, 0.25) is 0 Å². The zero-order valence-corrected chi connectivity index (χ0v) is 15.7. The van der Waals surface area contributed by atoms with E-state index >= 15 is 0 Å². The second-order valence-corrected chi connectivity index (χ2v) is 6.85. The lowest BCUT2D eigenvalue weighted by Gasteiger charge is -2.29. The summed E-state index contributed by atoms with van der Waals surface area (Å²) < 4.78 is 7.06. The number of fused-ring (bicyclic) bond motifs is 1. The molecule has 1 aliphatic rings. The number of nitrogens with one attached hydrogen (secondary N) is 1. The first-order valence-corrected chi connectivity index (χ1v) is 9.41. The van der Waals surface area contributed by atoms with E-state index in [1.807, 2.05) is 24.3 Å². The standard InChI is InChI=1S/C20H23N5O3/c1-28-17-9-3-2-8-15(17)16(23-11-6-7-12-23)14-21-19-20(25(26)27)24-13-5-4-10-18(24)22-19/h2-5,8-10,13,16,21H,6-7,11-12,14H2,1H3. The number of hydrogen-bond acceptors (Lipinski definition) is 6. The van der Waals surface area contributed by atoms with Crippen molar-refractivity contribution >= 4 is 17.3 Å². The van der Waals surface area contributed by atoms with Crippen LogP contribution in [0.1, 0.15) is 24.4 Å². The maximum absolute atomic E-state index is 11.6. The van der Waals surface area contributed by atoms with Gasteiger partial charge in [-0.05, 0) is 43.0 Å². The third-order valence-corrected chi connectivity index (χ3v) is 5.22. The molecule has 0 aliphatic carbocycles. The summed E-state index contributed by atoms with van der Waals surface area (Å²) in [5.74, 6) is 1.07. The van der Waals surface area contributed by atoms with Crippen LogP contribution < -0.4 is 10.1 Å². The molecule has 1 atom stereocenters. The van der Waals surface area contributed by atoms with E-state index in [9.17, 15) is 10.1 Å². The number of hydrogen-bond donors (Lipinski definition) is 1. The van der Waals surface area contributed by atoms with E-state index in [-0.39, 0.29) is 17.7 Å². The molecular weight excluding hydrogens is 358 g/mol. The zero-order valence-electron chi connectivity index (χ0n) is 15.7. The molecule has 1 saturated heterocycles. The molecule has 8 nitrogen and oxygen atoms in total. The fourth-order valence-corrected chi connectivity index (χ4v) is 3.90. The van der Waals surface area contributed by atoms with Crippen molar-refractivity contribution in [3.8, 4) is 5.75 Å². The molecule has 1 aromatic carbocycles. The van der Waals surface area contributed by atoms with Crippen molar-refractivity contribution in [2.75, 3.05) is 32.1 Å². The lowest BCUT2D eigenvalue weighted by Crippen LogP contribution is -2.31. The van der Waals surface area contributed by atoms with Crippen molar-refractivity contribution in [2.24, 2.45) is 0 Å². The number of nitro groups is 1. The van der Waals surface area contributed by atoms with Gasteiger partial charge in [-0.15, -0.1) is 0 Å². The van der Waals surface area contributed by atoms with Gasteiger partial charge in [0.25, 0.3) is 0 Å². The highest BCUT2D eigenvalue weighted by Crippen LogP contribution is 2.33. The zero-order chi connectivity index (χ0) is 19.5. The van der Waals surface area contributed by atoms with E-state index in [2.05, 4.69) is 21.3 Å². The summed E-state index contributed by atoms with van der Waals surface area (Å²) in [5.41, 5.74) is 1.62. The highest BCUT2D eigenvalue weighted by molar-refractivity contribution is 5.62. The van der Waals surface area contributed by atoms with Crippen molar-refractivity contribution in [2.45, 2.75) is 18.9 Å². The minimum atomic E-state index is -0.393. The molecule has 1 N–H and O–H groups in total. The Labute approximate surface area is 162 Å². The van der Waals surface area contributed by atoms with Crippen LogP contribution in [-0.4, -0.2) is 46.0 Å². The Morgan fingerprint density at radius 2 is 1.96 bits per heavy atom. The van der Waals surface area contributed by atoms with Crippen LogP contribution in [0.4, 0.5) is 11.6 Å². The van der Waals surface area contributed by atoms with Crippen LogP contribution in [0.3, 0.4) is 0 Å². The van der Waals surface area contributed by atoms with Gasteiger partial charge < -0.3 is 20.2 Å². The SMILES string of the molecule is COc1ccccc1C(CNc1nc2ccccn2c1[N+](=O)[O-])N1CCCC1. The Morgan fingerprint density at radius 1 is 1.21 bits per heavy atom. The number of benzene rings is 1. The summed E-state index contributed by atoms with van der Waals surface area (Å²) in [7, 11) is 1.67. The van der Waals surface area contributed by atoms with Gasteiger partial charge in [0.05, 0.1) is 19.3 Å². The summed E-state index contributed by atoms with van der Waals surface area (Å²) in [6, 6.07) is 13.3. The number of anilines is 1. The second-order valence-electron chi connectivity index (χ2n) is 6.85. The van der Waals surface area contributed by atoms with Gasteiger partial charge in [0.2, 0.25) is 11.5 Å².